The summed E-state index contributed by atoms with van der Waals surface area (Å²) in [5.41, 5.74) is 6.39. The number of ether oxygens (including phenoxy) is 1. The number of rotatable bonds is 4. The summed E-state index contributed by atoms with van der Waals surface area (Å²) >= 11 is 0. The summed E-state index contributed by atoms with van der Waals surface area (Å²) in [5, 5.41) is 0. The first-order valence-corrected chi connectivity index (χ1v) is 8.26. The Hall–Kier alpha value is -0.120. The van der Waals surface area contributed by atoms with Gasteiger partial charge in [-0.15, -0.1) is 0 Å². The Morgan fingerprint density at radius 3 is 2.47 bits per heavy atom. The fourth-order valence-corrected chi connectivity index (χ4v) is 3.94. The third kappa shape index (κ3) is 3.50. The van der Waals surface area contributed by atoms with Crippen LogP contribution in [-0.2, 0) is 4.74 Å². The molecule has 0 aromatic heterocycles. The molecule has 0 amide bonds. The minimum atomic E-state index is 0.188. The highest BCUT2D eigenvalue weighted by atomic mass is 16.5. The molecule has 2 fully saturated rings. The lowest BCUT2D eigenvalue weighted by Gasteiger charge is -2.49. The number of likely N-dealkylation sites (N-methyl/N-ethyl adjacent to an activating group) is 1. The first-order chi connectivity index (χ1) is 9.22. The molecule has 0 aromatic rings. The highest BCUT2D eigenvalue weighted by molar-refractivity contribution is 4.97. The first kappa shape index (κ1) is 15.3. The van der Waals surface area contributed by atoms with Crippen LogP contribution in [0.2, 0.25) is 0 Å². The number of hydrogen-bond donors (Lipinski definition) is 1. The van der Waals surface area contributed by atoms with E-state index in [1.807, 2.05) is 0 Å². The fourth-order valence-electron chi connectivity index (χ4n) is 3.94. The predicted octanol–water partition coefficient (Wildman–Crippen LogP) is 2.93. The molecule has 1 heterocycles. The monoisotopic (exact) mass is 268 g/mol. The molecule has 3 nitrogen and oxygen atoms in total. The minimum absolute atomic E-state index is 0.188. The van der Waals surface area contributed by atoms with E-state index in [4.69, 9.17) is 10.5 Å². The average molecular weight is 268 g/mol. The van der Waals surface area contributed by atoms with E-state index in [0.717, 1.165) is 38.5 Å². The molecule has 2 aliphatic rings. The van der Waals surface area contributed by atoms with Gasteiger partial charge in [-0.3, -0.25) is 4.90 Å². The van der Waals surface area contributed by atoms with Gasteiger partial charge in [0.1, 0.15) is 0 Å². The van der Waals surface area contributed by atoms with Crippen LogP contribution in [0.3, 0.4) is 0 Å². The van der Waals surface area contributed by atoms with Crippen molar-refractivity contribution >= 4 is 0 Å². The Balaban J connectivity index is 2.05. The van der Waals surface area contributed by atoms with Crippen LogP contribution in [-0.4, -0.2) is 42.8 Å². The zero-order valence-corrected chi connectivity index (χ0v) is 12.9. The van der Waals surface area contributed by atoms with Crippen LogP contribution in [0.1, 0.15) is 64.7 Å². The first-order valence-electron chi connectivity index (χ1n) is 8.26. The lowest BCUT2D eigenvalue weighted by Crippen LogP contribution is -2.60. The molecule has 0 spiro atoms. The zero-order valence-electron chi connectivity index (χ0n) is 12.9. The smallest absolute Gasteiger partial charge is 0.0590 e. The quantitative estimate of drug-likeness (QED) is 0.797. The molecule has 2 unspecified atom stereocenters. The van der Waals surface area contributed by atoms with Crippen molar-refractivity contribution in [1.82, 2.24) is 4.90 Å². The van der Waals surface area contributed by atoms with Crippen molar-refractivity contribution in [2.45, 2.75) is 82.4 Å². The molecule has 2 atom stereocenters. The van der Waals surface area contributed by atoms with Crippen LogP contribution >= 0.6 is 0 Å². The van der Waals surface area contributed by atoms with Crippen molar-refractivity contribution < 1.29 is 4.74 Å². The highest BCUT2D eigenvalue weighted by Gasteiger charge is 2.41. The maximum absolute atomic E-state index is 6.20. The van der Waals surface area contributed by atoms with Crippen molar-refractivity contribution in [2.75, 3.05) is 20.2 Å². The molecule has 2 rings (SSSR count). The van der Waals surface area contributed by atoms with E-state index in [-0.39, 0.29) is 5.54 Å². The van der Waals surface area contributed by atoms with Crippen molar-refractivity contribution in [3.05, 3.63) is 0 Å². The molecule has 2 N–H and O–H groups in total. The summed E-state index contributed by atoms with van der Waals surface area (Å²) in [4.78, 5) is 2.64. The van der Waals surface area contributed by atoms with Gasteiger partial charge in [-0.2, -0.15) is 0 Å². The van der Waals surface area contributed by atoms with Gasteiger partial charge in [0.05, 0.1) is 6.10 Å². The largest absolute Gasteiger partial charge is 0.378 e. The van der Waals surface area contributed by atoms with Gasteiger partial charge in [-0.05, 0) is 39.2 Å². The molecule has 19 heavy (non-hydrogen) atoms. The molecular formula is C16H32N2O. The minimum Gasteiger partial charge on any atom is -0.378 e. The third-order valence-electron chi connectivity index (χ3n) is 5.48. The van der Waals surface area contributed by atoms with E-state index in [1.54, 1.807) is 0 Å². The maximum Gasteiger partial charge on any atom is 0.0590 e. The molecule has 3 heteroatoms. The summed E-state index contributed by atoms with van der Waals surface area (Å²) in [7, 11) is 2.32. The molecule has 0 aromatic carbocycles. The van der Waals surface area contributed by atoms with Crippen LogP contribution in [0.5, 0.6) is 0 Å². The van der Waals surface area contributed by atoms with E-state index in [1.165, 1.54) is 38.5 Å². The second-order valence-electron chi connectivity index (χ2n) is 6.54. The van der Waals surface area contributed by atoms with Gasteiger partial charge in [0.25, 0.3) is 0 Å². The molecule has 112 valence electrons. The predicted molar refractivity (Wildman–Crippen MR) is 80.3 cm³/mol. The Bertz CT molecular complexity index is 263. The number of nitrogens with zero attached hydrogens (tertiary/aromatic N) is 1. The van der Waals surface area contributed by atoms with E-state index >= 15 is 0 Å². The Morgan fingerprint density at radius 1 is 1.21 bits per heavy atom. The van der Waals surface area contributed by atoms with Crippen LogP contribution in [0.15, 0.2) is 0 Å². The highest BCUT2D eigenvalue weighted by Crippen LogP contribution is 2.34. The van der Waals surface area contributed by atoms with Gasteiger partial charge in [0.15, 0.2) is 0 Å². The van der Waals surface area contributed by atoms with Crippen LogP contribution in [0.4, 0.5) is 0 Å². The van der Waals surface area contributed by atoms with Gasteiger partial charge in [-0.25, -0.2) is 0 Å². The fraction of sp³-hybridized carbons (Fsp3) is 1.00. The Morgan fingerprint density at radius 2 is 1.89 bits per heavy atom. The normalized spacial score (nSPS) is 34.4. The van der Waals surface area contributed by atoms with E-state index in [9.17, 15) is 0 Å². The molecule has 1 saturated carbocycles. The van der Waals surface area contributed by atoms with E-state index < -0.39 is 0 Å². The zero-order chi connectivity index (χ0) is 13.7. The van der Waals surface area contributed by atoms with Crippen LogP contribution in [0, 0.1) is 0 Å². The van der Waals surface area contributed by atoms with Gasteiger partial charge in [-0.1, -0.05) is 32.6 Å². The van der Waals surface area contributed by atoms with Crippen molar-refractivity contribution in [1.29, 1.82) is 0 Å². The maximum atomic E-state index is 6.20. The topological polar surface area (TPSA) is 38.5 Å². The van der Waals surface area contributed by atoms with E-state index in [0.29, 0.717) is 6.10 Å². The summed E-state index contributed by atoms with van der Waals surface area (Å²) in [6.45, 7) is 3.88. The summed E-state index contributed by atoms with van der Waals surface area (Å²) in [6.07, 6.45) is 12.1. The summed E-state index contributed by atoms with van der Waals surface area (Å²) < 4.78 is 5.86. The molecular weight excluding hydrogens is 236 g/mol. The number of hydrogen-bond acceptors (Lipinski definition) is 3. The van der Waals surface area contributed by atoms with Gasteiger partial charge in [0, 0.05) is 24.7 Å². The standard InChI is InChI=1S/C16H32N2O/c1-3-15-12-16(13-17,10-11-19-15)18(2)14-8-6-4-5-7-9-14/h14-15H,3-13,17H2,1-2H3. The molecule has 1 saturated heterocycles. The van der Waals surface area contributed by atoms with Gasteiger partial charge >= 0.3 is 0 Å². The summed E-state index contributed by atoms with van der Waals surface area (Å²) in [6, 6.07) is 0.738. The lowest BCUT2D eigenvalue weighted by molar-refractivity contribution is -0.0774. The second kappa shape index (κ2) is 7.05. The average Bonchev–Trinajstić information content (AvgIpc) is 2.75. The van der Waals surface area contributed by atoms with E-state index in [2.05, 4.69) is 18.9 Å². The van der Waals surface area contributed by atoms with Gasteiger partial charge in [0.2, 0.25) is 0 Å². The third-order valence-corrected chi connectivity index (χ3v) is 5.48. The van der Waals surface area contributed by atoms with Crippen molar-refractivity contribution in [2.24, 2.45) is 5.73 Å². The molecule has 0 radical (unpaired) electrons. The summed E-state index contributed by atoms with van der Waals surface area (Å²) in [5.74, 6) is 0. The van der Waals surface area contributed by atoms with Crippen LogP contribution < -0.4 is 5.73 Å². The molecule has 1 aliphatic carbocycles. The van der Waals surface area contributed by atoms with Gasteiger partial charge < -0.3 is 10.5 Å². The second-order valence-corrected chi connectivity index (χ2v) is 6.54. The molecule has 0 bridgehead atoms. The van der Waals surface area contributed by atoms with Crippen molar-refractivity contribution in [3.8, 4) is 0 Å². The molecule has 1 aliphatic heterocycles. The SMILES string of the molecule is CCC1CC(CN)(N(C)C2CCCCCC2)CCO1. The Labute approximate surface area is 118 Å². The van der Waals surface area contributed by atoms with Crippen molar-refractivity contribution in [3.63, 3.8) is 0 Å². The lowest BCUT2D eigenvalue weighted by atomic mass is 9.82. The number of nitrogens with two attached hydrogens (primary N) is 1. The van der Waals surface area contributed by atoms with Crippen LogP contribution in [0.25, 0.3) is 0 Å². The Kier molecular flexibility index (Phi) is 5.67.